The summed E-state index contributed by atoms with van der Waals surface area (Å²) in [6.07, 6.45) is 22.8. The molecule has 1 aliphatic heterocycles. The van der Waals surface area contributed by atoms with Crippen molar-refractivity contribution in [2.45, 2.75) is 109 Å². The summed E-state index contributed by atoms with van der Waals surface area (Å²) < 4.78 is 0. The Morgan fingerprint density at radius 1 is 0.833 bits per heavy atom. The van der Waals surface area contributed by atoms with Gasteiger partial charge in [0.2, 0.25) is 5.91 Å². The van der Waals surface area contributed by atoms with Crippen molar-refractivity contribution in [3.8, 4) is 0 Å². The average Bonchev–Trinajstić information content (AvgIpc) is 2.71. The van der Waals surface area contributed by atoms with Crippen LogP contribution in [-0.4, -0.2) is 23.9 Å². The van der Waals surface area contributed by atoms with Crippen molar-refractivity contribution >= 4 is 5.91 Å². The largest absolute Gasteiger partial charge is 0.342 e. The second-order valence-electron chi connectivity index (χ2n) is 12.3. The first-order valence-electron chi connectivity index (χ1n) is 13.5. The number of piperidine rings is 1. The molecule has 0 aromatic heterocycles. The van der Waals surface area contributed by atoms with Gasteiger partial charge in [-0.2, -0.15) is 0 Å². The van der Waals surface area contributed by atoms with Gasteiger partial charge in [-0.15, -0.1) is 0 Å². The monoisotopic (exact) mass is 411 g/mol. The van der Waals surface area contributed by atoms with E-state index >= 15 is 0 Å². The molecule has 1 heterocycles. The number of carbonyl (C=O) groups excluding carboxylic acids is 1. The van der Waals surface area contributed by atoms with Crippen molar-refractivity contribution in [2.75, 3.05) is 13.1 Å². The Hall–Kier alpha value is -0.790. The molecular formula is C28H45NO. The molecular weight excluding hydrogens is 366 g/mol. The van der Waals surface area contributed by atoms with E-state index in [1.165, 1.54) is 102 Å². The van der Waals surface area contributed by atoms with E-state index in [1.807, 2.05) is 0 Å². The molecule has 6 aliphatic rings. The zero-order chi connectivity index (χ0) is 20.6. The highest BCUT2D eigenvalue weighted by Gasteiger charge is 2.50. The Bertz CT molecular complexity index is 601. The quantitative estimate of drug-likeness (QED) is 0.307. The Balaban J connectivity index is 0.978. The number of allylic oxidation sites excluding steroid dienone is 1. The van der Waals surface area contributed by atoms with Crippen LogP contribution in [0.25, 0.3) is 0 Å². The third kappa shape index (κ3) is 4.68. The smallest absolute Gasteiger partial charge is 0.222 e. The number of carbonyl (C=O) groups is 1. The van der Waals surface area contributed by atoms with Crippen LogP contribution in [0.3, 0.4) is 0 Å². The van der Waals surface area contributed by atoms with Crippen molar-refractivity contribution in [1.82, 2.24) is 4.90 Å². The number of amides is 1. The first kappa shape index (κ1) is 21.1. The number of rotatable bonds is 8. The van der Waals surface area contributed by atoms with Gasteiger partial charge >= 0.3 is 0 Å². The Labute approximate surface area is 185 Å². The Morgan fingerprint density at radius 3 is 2.17 bits per heavy atom. The molecule has 0 radical (unpaired) electrons. The molecule has 2 atom stereocenters. The van der Waals surface area contributed by atoms with Gasteiger partial charge in [0.15, 0.2) is 0 Å². The lowest BCUT2D eigenvalue weighted by atomic mass is 9.48. The van der Waals surface area contributed by atoms with Gasteiger partial charge in [-0.3, -0.25) is 4.79 Å². The van der Waals surface area contributed by atoms with Crippen LogP contribution in [0.2, 0.25) is 0 Å². The molecule has 2 nitrogen and oxygen atoms in total. The summed E-state index contributed by atoms with van der Waals surface area (Å²) in [4.78, 5) is 14.9. The molecule has 1 amide bonds. The lowest BCUT2D eigenvalue weighted by Gasteiger charge is -2.57. The van der Waals surface area contributed by atoms with Crippen LogP contribution in [0.15, 0.2) is 12.2 Å². The second-order valence-corrected chi connectivity index (χ2v) is 12.3. The fourth-order valence-corrected chi connectivity index (χ4v) is 8.94. The lowest BCUT2D eigenvalue weighted by molar-refractivity contribution is -0.134. The van der Waals surface area contributed by atoms with Crippen molar-refractivity contribution < 1.29 is 4.79 Å². The van der Waals surface area contributed by atoms with Crippen molar-refractivity contribution in [3.63, 3.8) is 0 Å². The maximum Gasteiger partial charge on any atom is 0.222 e. The number of hydrogen-bond donors (Lipinski definition) is 0. The summed E-state index contributed by atoms with van der Waals surface area (Å²) in [6.45, 7) is 6.59. The number of hydrogen-bond acceptors (Lipinski definition) is 1. The molecule has 0 spiro atoms. The molecule has 1 saturated heterocycles. The first-order chi connectivity index (χ1) is 14.6. The summed E-state index contributed by atoms with van der Waals surface area (Å²) in [6, 6.07) is 0. The summed E-state index contributed by atoms with van der Waals surface area (Å²) in [5.41, 5.74) is 2.16. The van der Waals surface area contributed by atoms with E-state index in [-0.39, 0.29) is 0 Å². The van der Waals surface area contributed by atoms with Gasteiger partial charge in [-0.25, -0.2) is 0 Å². The van der Waals surface area contributed by atoms with E-state index in [9.17, 15) is 4.79 Å². The molecule has 0 N–H and O–H groups in total. The number of likely N-dealkylation sites (tertiary alicyclic amines) is 1. The van der Waals surface area contributed by atoms with Crippen molar-refractivity contribution in [3.05, 3.63) is 12.2 Å². The lowest BCUT2D eigenvalue weighted by Crippen LogP contribution is -2.46. The van der Waals surface area contributed by atoms with E-state index in [1.54, 1.807) is 0 Å². The van der Waals surface area contributed by atoms with Gasteiger partial charge in [0.05, 0.1) is 0 Å². The minimum atomic E-state index is 0.436. The molecule has 6 fully saturated rings. The maximum atomic E-state index is 12.7. The highest BCUT2D eigenvalue weighted by molar-refractivity contribution is 5.76. The average molecular weight is 412 g/mol. The van der Waals surface area contributed by atoms with Gasteiger partial charge < -0.3 is 4.90 Å². The highest BCUT2D eigenvalue weighted by atomic mass is 16.2. The summed E-state index contributed by atoms with van der Waals surface area (Å²) in [5, 5.41) is 0. The van der Waals surface area contributed by atoms with Crippen LogP contribution < -0.4 is 0 Å². The zero-order valence-electron chi connectivity index (χ0n) is 19.4. The van der Waals surface area contributed by atoms with Gasteiger partial charge in [-0.05, 0) is 112 Å². The Morgan fingerprint density at radius 2 is 1.47 bits per heavy atom. The highest BCUT2D eigenvalue weighted by Crippen LogP contribution is 2.62. The van der Waals surface area contributed by atoms with Crippen LogP contribution in [0, 0.1) is 35.0 Å². The predicted molar refractivity (Wildman–Crippen MR) is 124 cm³/mol. The maximum absolute atomic E-state index is 12.7. The number of nitrogens with zero attached hydrogens (tertiary/aromatic N) is 1. The van der Waals surface area contributed by atoms with E-state index in [0.29, 0.717) is 11.3 Å². The minimum Gasteiger partial charge on any atom is -0.342 e. The van der Waals surface area contributed by atoms with Crippen LogP contribution in [0.1, 0.15) is 109 Å². The molecule has 30 heavy (non-hydrogen) atoms. The second kappa shape index (κ2) is 8.99. The number of fused-ring (bicyclic) bond motifs is 1. The van der Waals surface area contributed by atoms with E-state index in [0.717, 1.165) is 55.5 Å². The van der Waals surface area contributed by atoms with Gasteiger partial charge in [-0.1, -0.05) is 37.8 Å². The third-order valence-corrected chi connectivity index (χ3v) is 9.85. The normalized spacial score (nSPS) is 39.7. The molecule has 5 saturated carbocycles. The Kier molecular flexibility index (Phi) is 6.31. The minimum absolute atomic E-state index is 0.436. The van der Waals surface area contributed by atoms with Crippen molar-refractivity contribution in [1.29, 1.82) is 0 Å². The molecule has 2 heteroatoms. The van der Waals surface area contributed by atoms with E-state index in [2.05, 4.69) is 11.5 Å². The van der Waals surface area contributed by atoms with Crippen LogP contribution in [-0.2, 0) is 4.79 Å². The summed E-state index contributed by atoms with van der Waals surface area (Å²) in [5.74, 6) is 5.31. The van der Waals surface area contributed by atoms with Gasteiger partial charge in [0.1, 0.15) is 0 Å². The summed E-state index contributed by atoms with van der Waals surface area (Å²) >= 11 is 0. The molecule has 0 aromatic rings. The van der Waals surface area contributed by atoms with Crippen LogP contribution in [0.4, 0.5) is 0 Å². The zero-order valence-corrected chi connectivity index (χ0v) is 19.4. The fraction of sp³-hybridized carbons (Fsp3) is 0.893. The predicted octanol–water partition coefficient (Wildman–Crippen LogP) is 7.14. The molecule has 4 bridgehead atoms. The van der Waals surface area contributed by atoms with E-state index in [4.69, 9.17) is 0 Å². The third-order valence-electron chi connectivity index (χ3n) is 9.85. The van der Waals surface area contributed by atoms with Crippen molar-refractivity contribution in [2.24, 2.45) is 35.0 Å². The molecule has 6 rings (SSSR count). The summed E-state index contributed by atoms with van der Waals surface area (Å²) in [7, 11) is 0. The molecule has 168 valence electrons. The van der Waals surface area contributed by atoms with Crippen LogP contribution >= 0.6 is 0 Å². The molecule has 0 aromatic carbocycles. The number of unbranched alkanes of at least 4 members (excludes halogenated alkanes) is 2. The SMILES string of the molecule is C=C(CCCCCC(=O)N1CCC2CCCCC2C1)CC12CC3CC(CC(C3)C1)C2. The van der Waals surface area contributed by atoms with Crippen LogP contribution in [0.5, 0.6) is 0 Å². The molecule has 2 unspecified atom stereocenters. The molecule has 5 aliphatic carbocycles. The fourth-order valence-electron chi connectivity index (χ4n) is 8.94. The first-order valence-corrected chi connectivity index (χ1v) is 13.5. The topological polar surface area (TPSA) is 20.3 Å². The standard InChI is InChI=1S/C28H45NO/c1-21(16-28-17-22-13-23(18-28)15-24(14-22)19-28)7-3-2-4-10-27(30)29-12-11-25-8-5-6-9-26(25)20-29/h22-26H,1-20H2. The van der Waals surface area contributed by atoms with Gasteiger partial charge in [0.25, 0.3) is 0 Å². The van der Waals surface area contributed by atoms with Gasteiger partial charge in [0, 0.05) is 19.5 Å². The van der Waals surface area contributed by atoms with E-state index < -0.39 is 0 Å².